The van der Waals surface area contributed by atoms with Crippen LogP contribution in [0.1, 0.15) is 100 Å². The van der Waals surface area contributed by atoms with Crippen molar-refractivity contribution < 1.29 is 0 Å². The molecule has 5 aromatic heterocycles. The number of nitrogens with zero attached hydrogens (tertiary/aromatic N) is 6. The average molecular weight is 1870 g/mol. The van der Waals surface area contributed by atoms with E-state index < -0.39 is 7.92 Å². The van der Waals surface area contributed by atoms with E-state index in [4.69, 9.17) is 4.98 Å². The van der Waals surface area contributed by atoms with Gasteiger partial charge in [0.25, 0.3) is 0 Å². The van der Waals surface area contributed by atoms with Gasteiger partial charge in [0.1, 0.15) is 0 Å². The Hall–Kier alpha value is -16.5. The highest BCUT2D eigenvalue weighted by Crippen LogP contribution is 2.47. The van der Waals surface area contributed by atoms with Crippen LogP contribution in [0.3, 0.4) is 0 Å². The quantitative estimate of drug-likeness (QED) is 0.0630. The molecule has 0 aliphatic heterocycles. The van der Waals surface area contributed by atoms with Crippen LogP contribution in [0.15, 0.2) is 492 Å². The van der Waals surface area contributed by atoms with Crippen LogP contribution in [0.25, 0.3) is 89.3 Å². The van der Waals surface area contributed by atoms with Crippen molar-refractivity contribution >= 4 is 40.9 Å². The minimum Gasteiger partial charge on any atom is -0.311 e. The normalized spacial score (nSPS) is 10.8. The minimum absolute atomic E-state index is 0.343. The van der Waals surface area contributed by atoms with E-state index in [0.717, 1.165) is 33.6 Å². The van der Waals surface area contributed by atoms with Crippen molar-refractivity contribution in [3.63, 3.8) is 0 Å². The lowest BCUT2D eigenvalue weighted by Gasteiger charge is -2.37. The molecule has 6 nitrogen and oxygen atoms in total. The third-order valence-corrected chi connectivity index (χ3v) is 28.2. The molecule has 0 radical (unpaired) electrons. The molecule has 0 spiro atoms. The summed E-state index contributed by atoms with van der Waals surface area (Å²) in [5, 5.41) is 4.23. The summed E-state index contributed by atoms with van der Waals surface area (Å²) in [5.74, 6) is 0. The molecule has 0 fully saturated rings. The Bertz CT molecular complexity index is 6800. The molecule has 0 aliphatic rings. The Morgan fingerprint density at radius 3 is 0.692 bits per heavy atom. The van der Waals surface area contributed by atoms with Gasteiger partial charge in [0.05, 0.1) is 16.8 Å². The van der Waals surface area contributed by atoms with Gasteiger partial charge in [-0.2, -0.15) is 0 Å². The predicted molar refractivity (Wildman–Crippen MR) is 609 cm³/mol. The first-order valence-corrected chi connectivity index (χ1v) is 50.4. The van der Waals surface area contributed by atoms with E-state index in [-0.39, 0.29) is 5.41 Å². The smallest absolute Gasteiger partial charge is 0.0709 e. The van der Waals surface area contributed by atoms with E-state index in [1.54, 1.807) is 0 Å². The molecule has 16 aromatic carbocycles. The molecule has 21 aromatic rings. The van der Waals surface area contributed by atoms with Gasteiger partial charge in [0, 0.05) is 88.9 Å². The van der Waals surface area contributed by atoms with Crippen molar-refractivity contribution in [2.24, 2.45) is 0 Å². The van der Waals surface area contributed by atoms with Crippen LogP contribution in [-0.4, -0.2) is 24.9 Å². The maximum absolute atomic E-state index is 4.77. The molecule has 143 heavy (non-hydrogen) atoms. The van der Waals surface area contributed by atoms with Gasteiger partial charge in [-0.1, -0.05) is 436 Å². The van der Waals surface area contributed by atoms with Gasteiger partial charge in [-0.15, -0.1) is 0 Å². The summed E-state index contributed by atoms with van der Waals surface area (Å²) >= 11 is 0. The van der Waals surface area contributed by atoms with Crippen molar-refractivity contribution in [3.05, 3.63) is 593 Å². The van der Waals surface area contributed by atoms with Crippen LogP contribution in [0.5, 0.6) is 0 Å². The number of pyridine rings is 5. The molecule has 7 heteroatoms. The Labute approximate surface area is 848 Å². The Morgan fingerprint density at radius 2 is 0.420 bits per heavy atom. The molecule has 0 bridgehead atoms. The number of hydrogen-bond acceptors (Lipinski definition) is 6. The van der Waals surface area contributed by atoms with Gasteiger partial charge in [-0.05, 0) is 284 Å². The first-order chi connectivity index (χ1) is 69.6. The number of anilines is 3. The van der Waals surface area contributed by atoms with Crippen molar-refractivity contribution in [3.8, 4) is 89.3 Å². The lowest BCUT2D eigenvalue weighted by molar-refractivity contribution is 0.744. The third kappa shape index (κ3) is 25.6. The topological polar surface area (TPSA) is 67.7 Å². The van der Waals surface area contributed by atoms with Crippen molar-refractivity contribution in [1.82, 2.24) is 24.9 Å². The Morgan fingerprint density at radius 1 is 0.175 bits per heavy atom. The first kappa shape index (κ1) is 99.5. The van der Waals surface area contributed by atoms with Crippen LogP contribution in [0, 0.1) is 96.9 Å². The standard InChI is InChI=1S/C27H24.2C24H20N2.C21H21N.C21H21P.C19H17N/c1-21-13-17-25(18-14-21)27(23-9-5-3-6-10-23,24-11-7-4-8-12-24)26-19-15-22(2)16-20-26;1-17-3-5-21(23(15-17)19-7-11-25-12-8-19)22-6-4-18(2)16-24(22)20-9-13-26-14-10-20;1-17-7-9-21(23(13-17)19-5-3-11-25-15-19)22-10-8-18(2)14-24(22)20-6-4-12-26-16-20;2*1-16-4-10-19(11-5-16)22(20-12-6-17(2)7-13-20)21-14-8-18(3)9-15-21;1-14-6-10-16(11-7-14)18-4-3-5-19(20-18)17-12-8-15(2)9-13-17/h3-20H,1-2H3;2*3-16H,1-2H3;2*4-15H,1-3H3;3-13H,1-2H3. The molecule has 5 heterocycles. The molecule has 21 rings (SSSR count). The van der Waals surface area contributed by atoms with Crippen LogP contribution in [0.2, 0.25) is 0 Å². The summed E-state index contributed by atoms with van der Waals surface area (Å²) in [4.78, 5) is 24.0. The van der Waals surface area contributed by atoms with Crippen LogP contribution in [0.4, 0.5) is 17.1 Å². The minimum atomic E-state index is -0.483. The van der Waals surface area contributed by atoms with Crippen molar-refractivity contribution in [1.29, 1.82) is 0 Å². The molecule has 0 amide bonds. The van der Waals surface area contributed by atoms with Gasteiger partial charge in [-0.25, -0.2) is 4.98 Å². The largest absolute Gasteiger partial charge is 0.311 e. The molecule has 0 aliphatic carbocycles. The summed E-state index contributed by atoms with van der Waals surface area (Å²) < 4.78 is 0. The Kier molecular flexibility index (Phi) is 33.3. The highest BCUT2D eigenvalue weighted by atomic mass is 31.1. The molecule has 0 saturated heterocycles. The van der Waals surface area contributed by atoms with Gasteiger partial charge in [-0.3, -0.25) is 19.9 Å². The maximum atomic E-state index is 4.77. The van der Waals surface area contributed by atoms with Crippen LogP contribution < -0.4 is 20.8 Å². The summed E-state index contributed by atoms with van der Waals surface area (Å²) in [6, 6.07) is 159. The maximum Gasteiger partial charge on any atom is 0.0709 e. The fraction of sp³-hybridized carbons (Fsp3) is 0.110. The SMILES string of the molecule is Cc1ccc(-c2ccc(C)cc2-c2cccnc2)c(-c2cccnc2)c1.Cc1ccc(-c2ccc(C)cc2-c2ccncc2)c(-c2ccncc2)c1.Cc1ccc(-c2cccc(-c3ccc(C)cc3)n2)cc1.Cc1ccc(C(c2ccccc2)(c2ccccc2)c2ccc(C)cc2)cc1.Cc1ccc(N(c2ccc(C)cc2)c2ccc(C)cc2)cc1.Cc1ccc(P(c2ccc(C)cc2)c2ccc(C)cc2)cc1. The summed E-state index contributed by atoms with van der Waals surface area (Å²) in [7, 11) is -0.483. The summed E-state index contributed by atoms with van der Waals surface area (Å²) in [6.07, 6.45) is 14.9. The van der Waals surface area contributed by atoms with Gasteiger partial charge in [0.15, 0.2) is 0 Å². The fourth-order valence-corrected chi connectivity index (χ4v) is 20.1. The second-order valence-corrected chi connectivity index (χ2v) is 39.4. The highest BCUT2D eigenvalue weighted by molar-refractivity contribution is 7.79. The summed E-state index contributed by atoms with van der Waals surface area (Å²) in [5.41, 5.74) is 44.9. The molecule has 0 N–H and O–H groups in total. The molecule has 702 valence electrons. The molecule has 0 saturated carbocycles. The van der Waals surface area contributed by atoms with E-state index in [0.29, 0.717) is 0 Å². The van der Waals surface area contributed by atoms with Crippen LogP contribution in [-0.2, 0) is 5.41 Å². The Balaban J connectivity index is 0.000000124. The third-order valence-electron chi connectivity index (χ3n) is 25.8. The second-order valence-electron chi connectivity index (χ2n) is 37.2. The zero-order valence-corrected chi connectivity index (χ0v) is 85.3. The summed E-state index contributed by atoms with van der Waals surface area (Å²) in [6.45, 7) is 29.8. The number of benzene rings is 16. The van der Waals surface area contributed by atoms with Crippen LogP contribution >= 0.6 is 7.92 Å². The predicted octanol–water partition coefficient (Wildman–Crippen LogP) is 34.4. The second kappa shape index (κ2) is 47.9. The number of rotatable bonds is 18. The first-order valence-electron chi connectivity index (χ1n) is 49.1. The number of hydrogen-bond donors (Lipinski definition) is 0. The fourth-order valence-electron chi connectivity index (χ4n) is 17.9. The van der Waals surface area contributed by atoms with E-state index in [2.05, 4.69) is 552 Å². The van der Waals surface area contributed by atoms with E-state index in [9.17, 15) is 0 Å². The van der Waals surface area contributed by atoms with Gasteiger partial charge >= 0.3 is 0 Å². The number of aryl methyl sites for hydroxylation is 14. The van der Waals surface area contributed by atoms with Gasteiger partial charge in [0.2, 0.25) is 0 Å². The molecule has 0 unspecified atom stereocenters. The van der Waals surface area contributed by atoms with E-state index >= 15 is 0 Å². The van der Waals surface area contributed by atoms with Crippen molar-refractivity contribution in [2.75, 3.05) is 4.90 Å². The zero-order valence-electron chi connectivity index (χ0n) is 84.4. The van der Waals surface area contributed by atoms with Gasteiger partial charge < -0.3 is 4.90 Å². The molecule has 0 atom stereocenters. The molecular weight excluding hydrogens is 1750 g/mol. The average Bonchev–Trinajstić information content (AvgIpc) is 0.732. The molecular formula is C136H123N6P. The highest BCUT2D eigenvalue weighted by Gasteiger charge is 2.38. The van der Waals surface area contributed by atoms with Crippen molar-refractivity contribution in [2.45, 2.75) is 102 Å². The monoisotopic (exact) mass is 1870 g/mol. The lowest BCUT2D eigenvalue weighted by atomic mass is 9.65. The zero-order chi connectivity index (χ0) is 99.6. The lowest BCUT2D eigenvalue weighted by Crippen LogP contribution is -2.31. The number of aromatic nitrogens is 5. The van der Waals surface area contributed by atoms with E-state index in [1.807, 2.05) is 61.7 Å². The van der Waals surface area contributed by atoms with E-state index in [1.165, 1.54) is 189 Å².